The molecule has 1 N–H and O–H groups in total. The maximum Gasteiger partial charge on any atom is 0.297 e. The average molecular weight is 450 g/mol. The molecule has 4 aromatic rings. The van der Waals surface area contributed by atoms with E-state index in [1.807, 2.05) is 56.3 Å². The van der Waals surface area contributed by atoms with E-state index in [0.29, 0.717) is 28.7 Å². The highest BCUT2D eigenvalue weighted by Gasteiger charge is 2.19. The lowest BCUT2D eigenvalue weighted by Gasteiger charge is -2.13. The number of fused-ring (bicyclic) bond motifs is 3. The number of thioether (sulfide) groups is 1. The van der Waals surface area contributed by atoms with Crippen LogP contribution in [0.5, 0.6) is 0 Å². The van der Waals surface area contributed by atoms with Gasteiger partial charge in [-0.05, 0) is 55.5 Å². The molecule has 2 aromatic carbocycles. The van der Waals surface area contributed by atoms with E-state index in [4.69, 9.17) is 9.40 Å². The summed E-state index contributed by atoms with van der Waals surface area (Å²) in [6, 6.07) is 13.5. The molecule has 1 amide bonds. The molecule has 0 saturated carbocycles. The summed E-state index contributed by atoms with van der Waals surface area (Å²) in [5.74, 6) is 0.451. The Kier molecular flexibility index (Phi) is 6.37. The van der Waals surface area contributed by atoms with Crippen molar-refractivity contribution in [3.05, 3.63) is 63.9 Å². The molecule has 32 heavy (non-hydrogen) atoms. The number of carbonyl (C=O) groups excluding carboxylic acids is 1. The van der Waals surface area contributed by atoms with Crippen molar-refractivity contribution < 1.29 is 9.21 Å². The van der Waals surface area contributed by atoms with E-state index in [1.54, 1.807) is 4.57 Å². The molecule has 2 heterocycles. The molecule has 0 aliphatic carbocycles. The lowest BCUT2D eigenvalue weighted by atomic mass is 10.1. The predicted octanol–water partition coefficient (Wildman–Crippen LogP) is 5.54. The summed E-state index contributed by atoms with van der Waals surface area (Å²) in [5, 5.41) is 4.31. The standard InChI is InChI=1S/C25H27N3O3S/c1-15(2)11-12-28-24(30)23-22(18-7-5-6-8-20(18)31-23)27-25(28)32-14-21(29)26-19-13-16(3)9-10-17(19)4/h5-10,13,15H,11-12,14H2,1-4H3,(H,26,29). The molecule has 0 unspecified atom stereocenters. The SMILES string of the molecule is Cc1ccc(C)c(NC(=O)CSc2nc3c(oc4ccccc43)c(=O)n2CCC(C)C)c1. The molecule has 0 bridgehead atoms. The van der Waals surface area contributed by atoms with Crippen molar-refractivity contribution in [2.24, 2.45) is 5.92 Å². The number of benzene rings is 2. The highest BCUT2D eigenvalue weighted by molar-refractivity contribution is 7.99. The Balaban J connectivity index is 1.65. The lowest BCUT2D eigenvalue weighted by molar-refractivity contribution is -0.113. The summed E-state index contributed by atoms with van der Waals surface area (Å²) in [5.41, 5.74) is 4.13. The zero-order chi connectivity index (χ0) is 22.8. The first-order valence-corrected chi connectivity index (χ1v) is 11.7. The van der Waals surface area contributed by atoms with Gasteiger partial charge < -0.3 is 9.73 Å². The fourth-order valence-electron chi connectivity index (χ4n) is 3.53. The molecular formula is C25H27N3O3S. The molecular weight excluding hydrogens is 422 g/mol. The van der Waals surface area contributed by atoms with Gasteiger partial charge in [-0.25, -0.2) is 4.98 Å². The largest absolute Gasteiger partial charge is 0.448 e. The van der Waals surface area contributed by atoms with Crippen molar-refractivity contribution in [1.82, 2.24) is 9.55 Å². The van der Waals surface area contributed by atoms with Gasteiger partial charge in [-0.2, -0.15) is 0 Å². The molecule has 0 radical (unpaired) electrons. The number of carbonyl (C=O) groups is 1. The summed E-state index contributed by atoms with van der Waals surface area (Å²) in [6.45, 7) is 8.71. The van der Waals surface area contributed by atoms with Crippen LogP contribution in [0.15, 0.2) is 56.8 Å². The van der Waals surface area contributed by atoms with Crippen LogP contribution in [0.1, 0.15) is 31.4 Å². The van der Waals surface area contributed by atoms with Crippen molar-refractivity contribution in [3.8, 4) is 0 Å². The fraction of sp³-hybridized carbons (Fsp3) is 0.320. The maximum absolute atomic E-state index is 13.3. The summed E-state index contributed by atoms with van der Waals surface area (Å²) in [4.78, 5) is 30.7. The van der Waals surface area contributed by atoms with Crippen LogP contribution in [0.2, 0.25) is 0 Å². The Bertz CT molecular complexity index is 1350. The van der Waals surface area contributed by atoms with Gasteiger partial charge in [-0.3, -0.25) is 14.2 Å². The first-order valence-electron chi connectivity index (χ1n) is 10.8. The molecule has 0 spiro atoms. The van der Waals surface area contributed by atoms with Crippen LogP contribution >= 0.6 is 11.8 Å². The van der Waals surface area contributed by atoms with E-state index in [-0.39, 0.29) is 22.8 Å². The zero-order valence-electron chi connectivity index (χ0n) is 18.8. The Labute approximate surface area is 191 Å². The van der Waals surface area contributed by atoms with Gasteiger partial charge in [-0.1, -0.05) is 49.9 Å². The Hall–Kier alpha value is -3.06. The van der Waals surface area contributed by atoms with Gasteiger partial charge in [0.05, 0.1) is 5.75 Å². The van der Waals surface area contributed by atoms with Gasteiger partial charge >= 0.3 is 0 Å². The van der Waals surface area contributed by atoms with Gasteiger partial charge in [0.2, 0.25) is 11.5 Å². The van der Waals surface area contributed by atoms with Crippen LogP contribution in [0.25, 0.3) is 22.1 Å². The molecule has 0 saturated heterocycles. The third-order valence-corrected chi connectivity index (χ3v) is 6.35. The van der Waals surface area contributed by atoms with Crippen molar-refractivity contribution in [2.75, 3.05) is 11.1 Å². The number of para-hydroxylation sites is 1. The topological polar surface area (TPSA) is 77.1 Å². The second-order valence-electron chi connectivity index (χ2n) is 8.46. The van der Waals surface area contributed by atoms with Crippen molar-refractivity contribution in [3.63, 3.8) is 0 Å². The quantitative estimate of drug-likeness (QED) is 0.296. The summed E-state index contributed by atoms with van der Waals surface area (Å²) >= 11 is 1.28. The minimum atomic E-state index is -0.204. The second-order valence-corrected chi connectivity index (χ2v) is 9.41. The number of aryl methyl sites for hydroxylation is 2. The number of hydrogen-bond acceptors (Lipinski definition) is 5. The summed E-state index contributed by atoms with van der Waals surface area (Å²) in [6.07, 6.45) is 0.829. The lowest BCUT2D eigenvalue weighted by Crippen LogP contribution is -2.24. The van der Waals surface area contributed by atoms with Gasteiger partial charge in [-0.15, -0.1) is 0 Å². The van der Waals surface area contributed by atoms with Crippen molar-refractivity contribution in [1.29, 1.82) is 0 Å². The predicted molar refractivity (Wildman–Crippen MR) is 130 cm³/mol. The van der Waals surface area contributed by atoms with Crippen LogP contribution in [0, 0.1) is 19.8 Å². The van der Waals surface area contributed by atoms with Gasteiger partial charge in [0.25, 0.3) is 5.56 Å². The minimum absolute atomic E-state index is 0.134. The molecule has 0 atom stereocenters. The zero-order valence-corrected chi connectivity index (χ0v) is 19.6. The summed E-state index contributed by atoms with van der Waals surface area (Å²) in [7, 11) is 0. The first kappa shape index (κ1) is 22.1. The Morgan fingerprint density at radius 2 is 1.97 bits per heavy atom. The molecule has 0 aliphatic heterocycles. The van der Waals surface area contributed by atoms with Crippen molar-refractivity contribution in [2.45, 2.75) is 45.8 Å². The van der Waals surface area contributed by atoms with E-state index >= 15 is 0 Å². The van der Waals surface area contributed by atoms with Crippen LogP contribution in [-0.4, -0.2) is 21.2 Å². The maximum atomic E-state index is 13.3. The molecule has 7 heteroatoms. The summed E-state index contributed by atoms with van der Waals surface area (Å²) < 4.78 is 7.47. The number of nitrogens with zero attached hydrogens (tertiary/aromatic N) is 2. The first-order chi connectivity index (χ1) is 15.3. The van der Waals surface area contributed by atoms with E-state index in [2.05, 4.69) is 19.2 Å². The van der Waals surface area contributed by atoms with Crippen LogP contribution < -0.4 is 10.9 Å². The molecule has 166 valence electrons. The highest BCUT2D eigenvalue weighted by atomic mass is 32.2. The molecule has 2 aromatic heterocycles. The van der Waals surface area contributed by atoms with Crippen molar-refractivity contribution >= 4 is 45.4 Å². The number of anilines is 1. The number of rotatable bonds is 7. The fourth-order valence-corrected chi connectivity index (χ4v) is 4.35. The van der Waals surface area contributed by atoms with E-state index < -0.39 is 0 Å². The number of nitrogens with one attached hydrogen (secondary N) is 1. The number of furan rings is 1. The third-order valence-electron chi connectivity index (χ3n) is 5.38. The molecule has 0 aliphatic rings. The highest BCUT2D eigenvalue weighted by Crippen LogP contribution is 2.27. The monoisotopic (exact) mass is 449 g/mol. The number of aromatic nitrogens is 2. The van der Waals surface area contributed by atoms with Crippen LogP contribution in [0.3, 0.4) is 0 Å². The third kappa shape index (κ3) is 4.58. The minimum Gasteiger partial charge on any atom is -0.448 e. The van der Waals surface area contributed by atoms with Gasteiger partial charge in [0.1, 0.15) is 11.1 Å². The Morgan fingerprint density at radius 1 is 1.19 bits per heavy atom. The molecule has 6 nitrogen and oxygen atoms in total. The molecule has 0 fully saturated rings. The van der Waals surface area contributed by atoms with E-state index in [0.717, 1.165) is 28.6 Å². The number of hydrogen-bond donors (Lipinski definition) is 1. The van der Waals surface area contributed by atoms with Crippen LogP contribution in [-0.2, 0) is 11.3 Å². The molecule has 4 rings (SSSR count). The second kappa shape index (κ2) is 9.20. The normalized spacial score (nSPS) is 11.5. The smallest absolute Gasteiger partial charge is 0.297 e. The van der Waals surface area contributed by atoms with E-state index in [9.17, 15) is 9.59 Å². The Morgan fingerprint density at radius 3 is 2.75 bits per heavy atom. The van der Waals surface area contributed by atoms with Crippen LogP contribution in [0.4, 0.5) is 5.69 Å². The van der Waals surface area contributed by atoms with E-state index in [1.165, 1.54) is 11.8 Å². The number of amides is 1. The average Bonchev–Trinajstić information content (AvgIpc) is 3.13. The van der Waals surface area contributed by atoms with Gasteiger partial charge in [0, 0.05) is 17.6 Å². The van der Waals surface area contributed by atoms with Gasteiger partial charge in [0.15, 0.2) is 5.16 Å².